The Morgan fingerprint density at radius 1 is 1.46 bits per heavy atom. The highest BCUT2D eigenvalue weighted by atomic mass is 16.5. The van der Waals surface area contributed by atoms with Gasteiger partial charge < -0.3 is 19.6 Å². The summed E-state index contributed by atoms with van der Waals surface area (Å²) in [4.78, 5) is 23.9. The first-order chi connectivity index (χ1) is 11.4. The molecule has 7 nitrogen and oxygen atoms in total. The number of esters is 1. The van der Waals surface area contributed by atoms with Crippen molar-refractivity contribution in [1.82, 2.24) is 0 Å². The Hall–Kier alpha value is -3.27. The van der Waals surface area contributed by atoms with Crippen LogP contribution >= 0.6 is 0 Å². The summed E-state index contributed by atoms with van der Waals surface area (Å²) in [6.45, 7) is 4.46. The molecule has 7 heteroatoms. The number of ether oxygens (including phenoxy) is 2. The minimum Gasteiger partial charge on any atom is -0.497 e. The second-order valence-electron chi connectivity index (χ2n) is 5.10. The van der Waals surface area contributed by atoms with E-state index in [0.29, 0.717) is 22.3 Å². The molecule has 0 aliphatic rings. The molecule has 0 spiro atoms. The fourth-order valence-corrected chi connectivity index (χ4v) is 2.17. The van der Waals surface area contributed by atoms with Crippen molar-refractivity contribution in [2.45, 2.75) is 6.92 Å². The van der Waals surface area contributed by atoms with Gasteiger partial charge in [-0.1, -0.05) is 6.58 Å². The molecule has 0 aliphatic heterocycles. The largest absolute Gasteiger partial charge is 0.497 e. The number of Topliss-reactive ketones (excluding diaryl/α,β-unsaturated/α-hetero) is 1. The zero-order valence-electron chi connectivity index (χ0n) is 13.3. The summed E-state index contributed by atoms with van der Waals surface area (Å²) >= 11 is 0. The fraction of sp³-hybridized carbons (Fsp3) is 0.235. The van der Waals surface area contributed by atoms with Crippen LogP contribution in [0.1, 0.15) is 16.1 Å². The first-order valence-electron chi connectivity index (χ1n) is 7.00. The third kappa shape index (κ3) is 3.22. The van der Waals surface area contributed by atoms with Crippen LogP contribution in [-0.2, 0) is 9.53 Å². The summed E-state index contributed by atoms with van der Waals surface area (Å²) in [5.74, 6) is -2.03. The Bertz CT molecular complexity index is 860. The second kappa shape index (κ2) is 6.87. The predicted octanol–water partition coefficient (Wildman–Crippen LogP) is 2.09. The predicted molar refractivity (Wildman–Crippen MR) is 85.2 cm³/mol. The number of rotatable bonds is 6. The number of hydrogen-bond donors (Lipinski definition) is 1. The van der Waals surface area contributed by atoms with Crippen LogP contribution in [0.4, 0.5) is 0 Å². The molecule has 0 unspecified atom stereocenters. The number of carbonyl (C=O) groups is 2. The van der Waals surface area contributed by atoms with E-state index in [1.807, 2.05) is 0 Å². The van der Waals surface area contributed by atoms with Gasteiger partial charge >= 0.3 is 5.97 Å². The van der Waals surface area contributed by atoms with Crippen molar-refractivity contribution in [3.63, 3.8) is 0 Å². The summed E-state index contributed by atoms with van der Waals surface area (Å²) in [5, 5.41) is 9.56. The monoisotopic (exact) mass is 328 g/mol. The summed E-state index contributed by atoms with van der Waals surface area (Å²) in [5.41, 5.74) is 6.34. The van der Waals surface area contributed by atoms with Gasteiger partial charge in [-0.05, 0) is 25.1 Å². The lowest BCUT2D eigenvalue weighted by molar-refractivity contribution is -0.123. The Morgan fingerprint density at radius 2 is 2.17 bits per heavy atom. The zero-order valence-corrected chi connectivity index (χ0v) is 13.3. The van der Waals surface area contributed by atoms with Crippen molar-refractivity contribution in [3.8, 4) is 11.8 Å². The molecule has 0 radical (unpaired) electrons. The molecule has 0 fully saturated rings. The van der Waals surface area contributed by atoms with Crippen molar-refractivity contribution < 1.29 is 23.5 Å². The first-order valence-corrected chi connectivity index (χ1v) is 7.00. The van der Waals surface area contributed by atoms with Gasteiger partial charge in [-0.3, -0.25) is 4.79 Å². The van der Waals surface area contributed by atoms with Crippen LogP contribution in [0.25, 0.3) is 11.0 Å². The maximum atomic E-state index is 12.1. The van der Waals surface area contributed by atoms with Crippen LogP contribution in [0.15, 0.2) is 34.9 Å². The standard InChI is InChI=1S/C17H16N2O5/c1-9-12-6-11(22-3)4-5-15(12)24-16(9)17(21)23-8-14(20)13(7-18)10(2)19/h4-6,13H,2,8,19H2,1,3H3/t13-/m0/s1. The number of hydrogen-bond acceptors (Lipinski definition) is 7. The fourth-order valence-electron chi connectivity index (χ4n) is 2.17. The molecule has 1 heterocycles. The molecule has 2 N–H and O–H groups in total. The van der Waals surface area contributed by atoms with Crippen molar-refractivity contribution in [1.29, 1.82) is 5.26 Å². The molecular formula is C17H16N2O5. The molecule has 0 bridgehead atoms. The molecule has 2 rings (SSSR count). The number of aryl methyl sites for hydroxylation is 1. The summed E-state index contributed by atoms with van der Waals surface area (Å²) in [6, 6.07) is 6.82. The van der Waals surface area contributed by atoms with E-state index in [4.69, 9.17) is 24.9 Å². The number of carbonyl (C=O) groups excluding carboxylic acids is 2. The van der Waals surface area contributed by atoms with Gasteiger partial charge in [0, 0.05) is 16.6 Å². The van der Waals surface area contributed by atoms with Crippen molar-refractivity contribution in [3.05, 3.63) is 41.8 Å². The zero-order chi connectivity index (χ0) is 17.9. The lowest BCUT2D eigenvalue weighted by Crippen LogP contribution is -2.25. The highest BCUT2D eigenvalue weighted by Gasteiger charge is 2.24. The Morgan fingerprint density at radius 3 is 2.75 bits per heavy atom. The van der Waals surface area contributed by atoms with E-state index < -0.39 is 24.3 Å². The summed E-state index contributed by atoms with van der Waals surface area (Å²) in [6.07, 6.45) is 0. The number of nitrogens with two attached hydrogens (primary N) is 1. The topological polar surface area (TPSA) is 116 Å². The number of methoxy groups -OCH3 is 1. The van der Waals surface area contributed by atoms with Gasteiger partial charge in [-0.2, -0.15) is 5.26 Å². The minimum atomic E-state index is -1.21. The molecule has 1 aromatic carbocycles. The van der Waals surface area contributed by atoms with Gasteiger partial charge in [0.25, 0.3) is 0 Å². The van der Waals surface area contributed by atoms with Gasteiger partial charge in [0.2, 0.25) is 5.76 Å². The number of ketones is 1. The number of nitriles is 1. The molecule has 1 aromatic heterocycles. The van der Waals surface area contributed by atoms with Gasteiger partial charge in [-0.25, -0.2) is 4.79 Å². The summed E-state index contributed by atoms with van der Waals surface area (Å²) < 4.78 is 15.5. The Labute approximate surface area is 138 Å². The van der Waals surface area contributed by atoms with Crippen LogP contribution in [-0.4, -0.2) is 25.5 Å². The van der Waals surface area contributed by atoms with Crippen LogP contribution in [0, 0.1) is 24.2 Å². The molecule has 2 aromatic rings. The average Bonchev–Trinajstić information content (AvgIpc) is 2.89. The number of furan rings is 1. The average molecular weight is 328 g/mol. The maximum absolute atomic E-state index is 12.1. The third-order valence-corrected chi connectivity index (χ3v) is 3.50. The molecule has 124 valence electrons. The molecule has 24 heavy (non-hydrogen) atoms. The molecule has 1 atom stereocenters. The first kappa shape index (κ1) is 17.1. The quantitative estimate of drug-likeness (QED) is 0.807. The highest BCUT2D eigenvalue weighted by molar-refractivity contribution is 5.97. The number of allylic oxidation sites excluding steroid dienone is 1. The van der Waals surface area contributed by atoms with Crippen LogP contribution < -0.4 is 10.5 Å². The van der Waals surface area contributed by atoms with Crippen LogP contribution in [0.5, 0.6) is 5.75 Å². The number of nitrogens with zero attached hydrogens (tertiary/aromatic N) is 1. The molecular weight excluding hydrogens is 312 g/mol. The Balaban J connectivity index is 2.17. The van der Waals surface area contributed by atoms with E-state index in [2.05, 4.69) is 6.58 Å². The van der Waals surface area contributed by atoms with Crippen molar-refractivity contribution in [2.75, 3.05) is 13.7 Å². The van der Waals surface area contributed by atoms with Crippen molar-refractivity contribution in [2.24, 2.45) is 11.7 Å². The molecule has 0 saturated heterocycles. The van der Waals surface area contributed by atoms with E-state index in [0.717, 1.165) is 0 Å². The number of benzene rings is 1. The van der Waals surface area contributed by atoms with Gasteiger partial charge in [-0.15, -0.1) is 0 Å². The van der Waals surface area contributed by atoms with Crippen LogP contribution in [0.2, 0.25) is 0 Å². The second-order valence-corrected chi connectivity index (χ2v) is 5.10. The van der Waals surface area contributed by atoms with E-state index in [-0.39, 0.29) is 11.5 Å². The molecule has 0 aliphatic carbocycles. The van der Waals surface area contributed by atoms with E-state index in [1.165, 1.54) is 7.11 Å². The van der Waals surface area contributed by atoms with Crippen LogP contribution in [0.3, 0.4) is 0 Å². The van der Waals surface area contributed by atoms with E-state index in [9.17, 15) is 9.59 Å². The number of fused-ring (bicyclic) bond motifs is 1. The lowest BCUT2D eigenvalue weighted by Gasteiger charge is -2.07. The van der Waals surface area contributed by atoms with E-state index >= 15 is 0 Å². The SMILES string of the molecule is C=C(N)[C@H](C#N)C(=O)COC(=O)c1oc2ccc(OC)cc2c1C. The smallest absolute Gasteiger partial charge is 0.374 e. The maximum Gasteiger partial charge on any atom is 0.374 e. The highest BCUT2D eigenvalue weighted by Crippen LogP contribution is 2.29. The lowest BCUT2D eigenvalue weighted by atomic mass is 10.0. The summed E-state index contributed by atoms with van der Waals surface area (Å²) in [7, 11) is 1.54. The molecule has 0 saturated carbocycles. The van der Waals surface area contributed by atoms with Gasteiger partial charge in [0.05, 0.1) is 13.2 Å². The van der Waals surface area contributed by atoms with Crippen molar-refractivity contribution >= 4 is 22.7 Å². The Kier molecular flexibility index (Phi) is 4.90. The normalized spacial score (nSPS) is 11.5. The van der Waals surface area contributed by atoms with Gasteiger partial charge in [0.1, 0.15) is 17.3 Å². The molecule has 0 amide bonds. The van der Waals surface area contributed by atoms with Gasteiger partial charge in [0.15, 0.2) is 12.4 Å². The third-order valence-electron chi connectivity index (χ3n) is 3.50. The minimum absolute atomic E-state index is 0.00821. The van der Waals surface area contributed by atoms with E-state index in [1.54, 1.807) is 31.2 Å².